The highest BCUT2D eigenvalue weighted by Crippen LogP contribution is 2.21. The van der Waals surface area contributed by atoms with E-state index in [2.05, 4.69) is 78.6 Å². The molecule has 0 radical (unpaired) electrons. The second kappa shape index (κ2) is 8.68. The fourth-order valence-corrected chi connectivity index (χ4v) is 3.10. The Bertz CT molecular complexity index is 548. The molecule has 0 unspecified atom stereocenters. The van der Waals surface area contributed by atoms with E-state index in [9.17, 15) is 0 Å². The molecule has 1 aliphatic heterocycles. The molecule has 5 nitrogen and oxygen atoms in total. The normalized spacial score (nSPS) is 17.4. The van der Waals surface area contributed by atoms with Gasteiger partial charge in [-0.1, -0.05) is 44.2 Å². The van der Waals surface area contributed by atoms with E-state index in [-0.39, 0.29) is 11.0 Å². The lowest BCUT2D eigenvalue weighted by atomic mass is 9.85. The van der Waals surface area contributed by atoms with Gasteiger partial charge in [0.05, 0.1) is 13.2 Å². The number of guanidine groups is 1. The molecule has 0 aromatic heterocycles. The molecule has 2 rings (SSSR count). The number of hydrogen-bond donors (Lipinski definition) is 2. The van der Waals surface area contributed by atoms with Crippen LogP contribution >= 0.6 is 0 Å². The summed E-state index contributed by atoms with van der Waals surface area (Å²) in [6.45, 7) is 14.3. The molecule has 140 valence electrons. The summed E-state index contributed by atoms with van der Waals surface area (Å²) < 4.78 is 5.46. The van der Waals surface area contributed by atoms with E-state index in [4.69, 9.17) is 4.74 Å². The number of benzene rings is 1. The maximum Gasteiger partial charge on any atom is 0.191 e. The third kappa shape index (κ3) is 5.72. The lowest BCUT2D eigenvalue weighted by Crippen LogP contribution is -2.57. The van der Waals surface area contributed by atoms with Gasteiger partial charge in [0.2, 0.25) is 0 Å². The second-order valence-electron chi connectivity index (χ2n) is 7.94. The van der Waals surface area contributed by atoms with Gasteiger partial charge in [0, 0.05) is 44.2 Å². The number of nitrogens with one attached hydrogen (secondary N) is 2. The fraction of sp³-hybridized carbons (Fsp3) is 0.650. The summed E-state index contributed by atoms with van der Waals surface area (Å²) >= 11 is 0. The summed E-state index contributed by atoms with van der Waals surface area (Å²) in [6.07, 6.45) is 0. The molecule has 5 heteroatoms. The van der Waals surface area contributed by atoms with Crippen molar-refractivity contribution in [3.05, 3.63) is 35.9 Å². The van der Waals surface area contributed by atoms with Crippen LogP contribution in [0.5, 0.6) is 0 Å². The molecule has 2 N–H and O–H groups in total. The predicted molar refractivity (Wildman–Crippen MR) is 105 cm³/mol. The van der Waals surface area contributed by atoms with Crippen molar-refractivity contribution < 1.29 is 4.74 Å². The molecule has 25 heavy (non-hydrogen) atoms. The molecule has 1 aromatic rings. The molecule has 0 aliphatic carbocycles. The minimum Gasteiger partial charge on any atom is -0.379 e. The van der Waals surface area contributed by atoms with Gasteiger partial charge >= 0.3 is 0 Å². The molecule has 1 aliphatic rings. The first kappa shape index (κ1) is 19.7. The van der Waals surface area contributed by atoms with E-state index < -0.39 is 0 Å². The zero-order valence-electron chi connectivity index (χ0n) is 16.4. The number of ether oxygens (including phenoxy) is 1. The Morgan fingerprint density at radius 3 is 2.24 bits per heavy atom. The monoisotopic (exact) mass is 346 g/mol. The first-order valence-corrected chi connectivity index (χ1v) is 9.18. The van der Waals surface area contributed by atoms with Crippen LogP contribution in [0.3, 0.4) is 0 Å². The Kier molecular flexibility index (Phi) is 6.85. The lowest BCUT2D eigenvalue weighted by molar-refractivity contribution is -0.00834. The van der Waals surface area contributed by atoms with Gasteiger partial charge in [-0.25, -0.2) is 0 Å². The van der Waals surface area contributed by atoms with Crippen LogP contribution in [-0.2, 0) is 10.2 Å². The molecule has 0 bridgehead atoms. The SMILES string of the molecule is CN=C(NCC(C)(C)c1ccccc1)NCC(C)(C)N1CCOCC1. The van der Waals surface area contributed by atoms with E-state index >= 15 is 0 Å². The van der Waals surface area contributed by atoms with Crippen LogP contribution in [-0.4, -0.2) is 62.8 Å². The highest BCUT2D eigenvalue weighted by molar-refractivity contribution is 5.79. The smallest absolute Gasteiger partial charge is 0.191 e. The lowest BCUT2D eigenvalue weighted by Gasteiger charge is -2.41. The molecule has 1 saturated heterocycles. The van der Waals surface area contributed by atoms with E-state index in [1.807, 2.05) is 7.05 Å². The van der Waals surface area contributed by atoms with Crippen molar-refractivity contribution in [1.82, 2.24) is 15.5 Å². The van der Waals surface area contributed by atoms with E-state index in [1.54, 1.807) is 0 Å². The standard InChI is InChI=1S/C20H34N4O/c1-19(2,17-9-7-6-8-10-17)15-22-18(21-5)23-16-20(3,4)24-11-13-25-14-12-24/h6-10H,11-16H2,1-5H3,(H2,21,22,23). The van der Waals surface area contributed by atoms with Crippen molar-refractivity contribution in [2.24, 2.45) is 4.99 Å². The van der Waals surface area contributed by atoms with E-state index in [1.165, 1.54) is 5.56 Å². The molecular weight excluding hydrogens is 312 g/mol. The Balaban J connectivity index is 1.86. The molecule has 0 amide bonds. The Labute approximate surface area is 152 Å². The van der Waals surface area contributed by atoms with Gasteiger partial charge in [0.15, 0.2) is 5.96 Å². The maximum absolute atomic E-state index is 5.46. The Morgan fingerprint density at radius 1 is 1.04 bits per heavy atom. The second-order valence-corrected chi connectivity index (χ2v) is 7.94. The van der Waals surface area contributed by atoms with Crippen molar-refractivity contribution >= 4 is 5.96 Å². The third-order valence-electron chi connectivity index (χ3n) is 5.03. The van der Waals surface area contributed by atoms with Crippen LogP contribution in [0.4, 0.5) is 0 Å². The van der Waals surface area contributed by atoms with Crippen molar-refractivity contribution in [3.8, 4) is 0 Å². The first-order chi connectivity index (χ1) is 11.8. The fourth-order valence-electron chi connectivity index (χ4n) is 3.10. The molecule has 0 saturated carbocycles. The number of hydrogen-bond acceptors (Lipinski definition) is 3. The van der Waals surface area contributed by atoms with Crippen molar-refractivity contribution in [2.75, 3.05) is 46.4 Å². The van der Waals surface area contributed by atoms with E-state index in [0.29, 0.717) is 0 Å². The van der Waals surface area contributed by atoms with Gasteiger partial charge in [-0.2, -0.15) is 0 Å². The molecule has 0 spiro atoms. The number of morpholine rings is 1. The molecular formula is C20H34N4O. The largest absolute Gasteiger partial charge is 0.379 e. The van der Waals surface area contributed by atoms with Crippen LogP contribution in [0.15, 0.2) is 35.3 Å². The minimum atomic E-state index is 0.0403. The average Bonchev–Trinajstić information content (AvgIpc) is 2.63. The quantitative estimate of drug-likeness (QED) is 0.613. The van der Waals surface area contributed by atoms with Crippen LogP contribution in [0.1, 0.15) is 33.3 Å². The minimum absolute atomic E-state index is 0.0403. The summed E-state index contributed by atoms with van der Waals surface area (Å²) in [5.41, 5.74) is 1.43. The summed E-state index contributed by atoms with van der Waals surface area (Å²) in [7, 11) is 1.83. The summed E-state index contributed by atoms with van der Waals surface area (Å²) in [5.74, 6) is 0.852. The predicted octanol–water partition coefficient (Wildman–Crippen LogP) is 2.24. The molecule has 1 aromatic carbocycles. The van der Waals surface area contributed by atoms with E-state index in [0.717, 1.165) is 45.4 Å². The van der Waals surface area contributed by atoms with Crippen LogP contribution in [0.25, 0.3) is 0 Å². The zero-order valence-corrected chi connectivity index (χ0v) is 16.4. The summed E-state index contributed by atoms with van der Waals surface area (Å²) in [4.78, 5) is 6.86. The molecule has 1 fully saturated rings. The van der Waals surface area contributed by atoms with Crippen LogP contribution in [0, 0.1) is 0 Å². The first-order valence-electron chi connectivity index (χ1n) is 9.18. The van der Waals surface area contributed by atoms with Crippen molar-refractivity contribution in [3.63, 3.8) is 0 Å². The van der Waals surface area contributed by atoms with Gasteiger partial charge in [0.25, 0.3) is 0 Å². The zero-order chi connectivity index (χ0) is 18.3. The van der Waals surface area contributed by atoms with Gasteiger partial charge in [0.1, 0.15) is 0 Å². The average molecular weight is 347 g/mol. The summed E-state index contributed by atoms with van der Waals surface area (Å²) in [5, 5.41) is 6.97. The molecule has 1 heterocycles. The number of aliphatic imine (C=N–C) groups is 1. The maximum atomic E-state index is 5.46. The third-order valence-corrected chi connectivity index (χ3v) is 5.03. The van der Waals surface area contributed by atoms with Crippen LogP contribution < -0.4 is 10.6 Å². The number of nitrogens with zero attached hydrogens (tertiary/aromatic N) is 2. The summed E-state index contributed by atoms with van der Waals surface area (Å²) in [6, 6.07) is 10.6. The molecule has 0 atom stereocenters. The van der Waals surface area contributed by atoms with Gasteiger partial charge < -0.3 is 15.4 Å². The van der Waals surface area contributed by atoms with Gasteiger partial charge in [-0.05, 0) is 19.4 Å². The van der Waals surface area contributed by atoms with Crippen molar-refractivity contribution in [1.29, 1.82) is 0 Å². The highest BCUT2D eigenvalue weighted by Gasteiger charge is 2.28. The van der Waals surface area contributed by atoms with Gasteiger partial charge in [-0.15, -0.1) is 0 Å². The van der Waals surface area contributed by atoms with Gasteiger partial charge in [-0.3, -0.25) is 9.89 Å². The number of rotatable bonds is 6. The van der Waals surface area contributed by atoms with Crippen LogP contribution in [0.2, 0.25) is 0 Å². The topological polar surface area (TPSA) is 48.9 Å². The highest BCUT2D eigenvalue weighted by atomic mass is 16.5. The van der Waals surface area contributed by atoms with Crippen molar-refractivity contribution in [2.45, 2.75) is 38.6 Å². The Morgan fingerprint density at radius 2 is 1.64 bits per heavy atom. The Hall–Kier alpha value is -1.59.